The number of benzene rings is 1. The van der Waals surface area contributed by atoms with E-state index < -0.39 is 0 Å². The molecule has 1 saturated heterocycles. The van der Waals surface area contributed by atoms with Crippen molar-refractivity contribution in [1.82, 2.24) is 4.90 Å². The Bertz CT molecular complexity index is 350. The number of thioether (sulfide) groups is 1. The second-order valence-electron chi connectivity index (χ2n) is 4.74. The number of hydrogen-bond acceptors (Lipinski definition) is 3. The number of rotatable bonds is 3. The lowest BCUT2D eigenvalue weighted by Crippen LogP contribution is -2.39. The van der Waals surface area contributed by atoms with E-state index in [1.807, 2.05) is 12.1 Å². The average Bonchev–Trinajstić information content (AvgIpc) is 2.39. The van der Waals surface area contributed by atoms with Crippen LogP contribution in [-0.2, 0) is 0 Å². The third-order valence-corrected chi connectivity index (χ3v) is 4.96. The molecule has 1 aromatic rings. The van der Waals surface area contributed by atoms with Gasteiger partial charge in [-0.15, -0.1) is 0 Å². The van der Waals surface area contributed by atoms with Gasteiger partial charge >= 0.3 is 0 Å². The van der Waals surface area contributed by atoms with Gasteiger partial charge in [0.15, 0.2) is 0 Å². The summed E-state index contributed by atoms with van der Waals surface area (Å²) in [7, 11) is 0. The highest BCUT2D eigenvalue weighted by atomic mass is 32.2. The molecule has 1 aliphatic heterocycles. The van der Waals surface area contributed by atoms with Crippen molar-refractivity contribution in [2.75, 3.05) is 24.6 Å². The third kappa shape index (κ3) is 3.17. The molecule has 0 bridgehead atoms. The minimum atomic E-state index is 0.505. The Morgan fingerprint density at radius 3 is 2.76 bits per heavy atom. The van der Waals surface area contributed by atoms with Crippen molar-refractivity contribution in [3.8, 4) is 0 Å². The van der Waals surface area contributed by atoms with E-state index in [0.717, 1.165) is 10.9 Å². The van der Waals surface area contributed by atoms with Gasteiger partial charge in [0, 0.05) is 35.8 Å². The van der Waals surface area contributed by atoms with Crippen LogP contribution in [0.3, 0.4) is 0 Å². The molecular formula is C14H22N2S. The van der Waals surface area contributed by atoms with Crippen LogP contribution in [0.4, 0.5) is 5.69 Å². The smallest absolute Gasteiger partial charge is 0.0320 e. The first kappa shape index (κ1) is 12.8. The van der Waals surface area contributed by atoms with Gasteiger partial charge < -0.3 is 5.73 Å². The molecule has 2 atom stereocenters. The fourth-order valence-electron chi connectivity index (χ4n) is 2.33. The van der Waals surface area contributed by atoms with Crippen molar-refractivity contribution in [3.63, 3.8) is 0 Å². The van der Waals surface area contributed by atoms with Gasteiger partial charge in [-0.3, -0.25) is 4.90 Å². The standard InChI is InChI=1S/C14H22N2S/c1-3-14-10-16(8-9-17-14)11(2)12-4-6-13(15)7-5-12/h4-7,11,14H,3,8-10,15H2,1-2H3. The van der Waals surface area contributed by atoms with Gasteiger partial charge in [-0.05, 0) is 31.0 Å². The van der Waals surface area contributed by atoms with Crippen LogP contribution in [0.5, 0.6) is 0 Å². The SMILES string of the molecule is CCC1CN(C(C)c2ccc(N)cc2)CCS1. The minimum absolute atomic E-state index is 0.505. The van der Waals surface area contributed by atoms with Crippen LogP contribution in [0.15, 0.2) is 24.3 Å². The predicted octanol–water partition coefficient (Wildman–Crippen LogP) is 3.16. The van der Waals surface area contributed by atoms with E-state index in [1.165, 1.54) is 30.8 Å². The predicted molar refractivity (Wildman–Crippen MR) is 77.4 cm³/mol. The van der Waals surface area contributed by atoms with Gasteiger partial charge in [-0.2, -0.15) is 11.8 Å². The van der Waals surface area contributed by atoms with E-state index in [2.05, 4.69) is 42.6 Å². The Morgan fingerprint density at radius 2 is 2.12 bits per heavy atom. The van der Waals surface area contributed by atoms with Gasteiger partial charge in [0.1, 0.15) is 0 Å². The Kier molecular flexibility index (Phi) is 4.35. The van der Waals surface area contributed by atoms with Gasteiger partial charge in [0.2, 0.25) is 0 Å². The first-order valence-corrected chi connectivity index (χ1v) is 7.46. The maximum Gasteiger partial charge on any atom is 0.0320 e. The Hall–Kier alpha value is -0.670. The van der Waals surface area contributed by atoms with Crippen molar-refractivity contribution in [1.29, 1.82) is 0 Å². The zero-order valence-electron chi connectivity index (χ0n) is 10.7. The van der Waals surface area contributed by atoms with Crippen molar-refractivity contribution < 1.29 is 0 Å². The van der Waals surface area contributed by atoms with Crippen molar-refractivity contribution in [2.45, 2.75) is 31.6 Å². The van der Waals surface area contributed by atoms with E-state index in [4.69, 9.17) is 5.73 Å². The largest absolute Gasteiger partial charge is 0.399 e. The molecule has 2 rings (SSSR count). The van der Waals surface area contributed by atoms with E-state index in [9.17, 15) is 0 Å². The molecule has 2 N–H and O–H groups in total. The van der Waals surface area contributed by atoms with Crippen molar-refractivity contribution >= 4 is 17.4 Å². The molecule has 0 aliphatic carbocycles. The number of anilines is 1. The minimum Gasteiger partial charge on any atom is -0.399 e. The molecule has 0 amide bonds. The van der Waals surface area contributed by atoms with Crippen LogP contribution in [0.1, 0.15) is 31.9 Å². The highest BCUT2D eigenvalue weighted by Gasteiger charge is 2.23. The Morgan fingerprint density at radius 1 is 1.41 bits per heavy atom. The number of nitrogens with zero attached hydrogens (tertiary/aromatic N) is 1. The molecule has 1 heterocycles. The number of nitrogens with two attached hydrogens (primary N) is 1. The normalized spacial score (nSPS) is 23.5. The fourth-order valence-corrected chi connectivity index (χ4v) is 3.53. The molecule has 0 saturated carbocycles. The lowest BCUT2D eigenvalue weighted by atomic mass is 10.1. The highest BCUT2D eigenvalue weighted by molar-refractivity contribution is 8.00. The Balaban J connectivity index is 2.03. The van der Waals surface area contributed by atoms with E-state index in [0.29, 0.717) is 6.04 Å². The summed E-state index contributed by atoms with van der Waals surface area (Å²) in [5, 5.41) is 0.806. The highest BCUT2D eigenvalue weighted by Crippen LogP contribution is 2.28. The van der Waals surface area contributed by atoms with Gasteiger partial charge in [0.25, 0.3) is 0 Å². The lowest BCUT2D eigenvalue weighted by molar-refractivity contribution is 0.217. The number of nitrogen functional groups attached to an aromatic ring is 1. The topological polar surface area (TPSA) is 29.3 Å². The zero-order chi connectivity index (χ0) is 12.3. The van der Waals surface area contributed by atoms with Gasteiger partial charge in [-0.1, -0.05) is 19.1 Å². The fraction of sp³-hybridized carbons (Fsp3) is 0.571. The van der Waals surface area contributed by atoms with Crippen LogP contribution in [0.2, 0.25) is 0 Å². The van der Waals surface area contributed by atoms with E-state index in [-0.39, 0.29) is 0 Å². The quantitative estimate of drug-likeness (QED) is 0.836. The molecule has 1 aliphatic rings. The monoisotopic (exact) mass is 250 g/mol. The molecule has 1 aromatic carbocycles. The molecule has 2 unspecified atom stereocenters. The molecule has 0 aromatic heterocycles. The third-order valence-electron chi connectivity index (χ3n) is 3.59. The molecule has 0 spiro atoms. The average molecular weight is 250 g/mol. The molecule has 17 heavy (non-hydrogen) atoms. The van der Waals surface area contributed by atoms with Crippen molar-refractivity contribution in [2.24, 2.45) is 0 Å². The molecule has 94 valence electrons. The summed E-state index contributed by atoms with van der Waals surface area (Å²) in [5.74, 6) is 1.26. The van der Waals surface area contributed by atoms with E-state index >= 15 is 0 Å². The summed E-state index contributed by atoms with van der Waals surface area (Å²) in [5.41, 5.74) is 7.96. The Labute approximate surface area is 109 Å². The summed E-state index contributed by atoms with van der Waals surface area (Å²) in [6.45, 7) is 7.00. The van der Waals surface area contributed by atoms with Crippen molar-refractivity contribution in [3.05, 3.63) is 29.8 Å². The molecule has 3 heteroatoms. The molecule has 2 nitrogen and oxygen atoms in total. The number of hydrogen-bond donors (Lipinski definition) is 1. The molecule has 1 fully saturated rings. The van der Waals surface area contributed by atoms with Gasteiger partial charge in [0.05, 0.1) is 0 Å². The van der Waals surface area contributed by atoms with Crippen LogP contribution in [0.25, 0.3) is 0 Å². The van der Waals surface area contributed by atoms with E-state index in [1.54, 1.807) is 0 Å². The summed E-state index contributed by atoms with van der Waals surface area (Å²) in [6.07, 6.45) is 1.27. The summed E-state index contributed by atoms with van der Waals surface area (Å²) >= 11 is 2.12. The second-order valence-corrected chi connectivity index (χ2v) is 6.15. The van der Waals surface area contributed by atoms with Crippen LogP contribution >= 0.6 is 11.8 Å². The second kappa shape index (κ2) is 5.78. The zero-order valence-corrected chi connectivity index (χ0v) is 11.5. The van der Waals surface area contributed by atoms with Crippen LogP contribution in [0, 0.1) is 0 Å². The molecule has 0 radical (unpaired) electrons. The maximum atomic E-state index is 5.73. The first-order chi connectivity index (χ1) is 8.20. The maximum absolute atomic E-state index is 5.73. The van der Waals surface area contributed by atoms with Crippen LogP contribution < -0.4 is 5.73 Å². The summed E-state index contributed by atoms with van der Waals surface area (Å²) in [6, 6.07) is 8.82. The summed E-state index contributed by atoms with van der Waals surface area (Å²) < 4.78 is 0. The van der Waals surface area contributed by atoms with Gasteiger partial charge in [-0.25, -0.2) is 0 Å². The van der Waals surface area contributed by atoms with Crippen LogP contribution in [-0.4, -0.2) is 29.0 Å². The first-order valence-electron chi connectivity index (χ1n) is 6.41. The molecular weight excluding hydrogens is 228 g/mol. The summed E-state index contributed by atoms with van der Waals surface area (Å²) in [4.78, 5) is 2.59. The lowest BCUT2D eigenvalue weighted by Gasteiger charge is -2.36.